The van der Waals surface area contributed by atoms with Crippen LogP contribution in [0.3, 0.4) is 0 Å². The molecule has 0 bridgehead atoms. The fourth-order valence-corrected chi connectivity index (χ4v) is 4.47. The minimum atomic E-state index is -0.725. The number of aromatic nitrogens is 4. The number of phenolic OH excluding ortho intramolecular Hbond substituents is 1. The maximum absolute atomic E-state index is 14.2. The predicted molar refractivity (Wildman–Crippen MR) is 129 cm³/mol. The lowest BCUT2D eigenvalue weighted by atomic mass is 9.99. The van der Waals surface area contributed by atoms with Gasteiger partial charge in [-0.15, -0.1) is 0 Å². The molecule has 2 aromatic carbocycles. The Morgan fingerprint density at radius 1 is 1.15 bits per heavy atom. The maximum atomic E-state index is 14.2. The van der Waals surface area contributed by atoms with Gasteiger partial charge in [-0.05, 0) is 50.1 Å². The minimum absolute atomic E-state index is 0.118. The Balaban J connectivity index is 1.40. The van der Waals surface area contributed by atoms with E-state index in [-0.39, 0.29) is 22.4 Å². The second kappa shape index (κ2) is 8.08. The Kier molecular flexibility index (Phi) is 5.34. The number of nitrogens with zero attached hydrogens (tertiary/aromatic N) is 4. The largest absolute Gasteiger partial charge is 0.507 e. The molecular weight excluding hydrogens is 543 g/mol. The summed E-state index contributed by atoms with van der Waals surface area (Å²) in [6.07, 6.45) is 0.529. The number of nitrogens with one attached hydrogen (secondary N) is 1. The van der Waals surface area contributed by atoms with Gasteiger partial charge >= 0.3 is 0 Å². The molecule has 1 aliphatic heterocycles. The van der Waals surface area contributed by atoms with Crippen LogP contribution in [0.5, 0.6) is 11.8 Å². The molecule has 7 nitrogen and oxygen atoms in total. The number of rotatable bonds is 5. The van der Waals surface area contributed by atoms with Crippen LogP contribution in [0.2, 0.25) is 0 Å². The number of ether oxygens (including phenoxy) is 1. The first-order valence-electron chi connectivity index (χ1n) is 10.3. The third-order valence-electron chi connectivity index (χ3n) is 5.61. The molecular formula is C23H20F2IN5O2. The molecule has 3 heterocycles. The van der Waals surface area contributed by atoms with Gasteiger partial charge in [-0.1, -0.05) is 12.1 Å². The highest BCUT2D eigenvalue weighted by Crippen LogP contribution is 2.37. The van der Waals surface area contributed by atoms with Crippen LogP contribution >= 0.6 is 22.6 Å². The molecule has 0 unspecified atom stereocenters. The van der Waals surface area contributed by atoms with Crippen LogP contribution in [-0.2, 0) is 12.0 Å². The van der Waals surface area contributed by atoms with E-state index >= 15 is 0 Å². The Labute approximate surface area is 202 Å². The van der Waals surface area contributed by atoms with Crippen molar-refractivity contribution in [2.24, 2.45) is 0 Å². The topological polar surface area (TPSA) is 85.1 Å². The quantitative estimate of drug-likeness (QED) is 0.267. The molecule has 1 aliphatic rings. The number of anilines is 1. The third-order valence-corrected chi connectivity index (χ3v) is 6.09. The second-order valence-electron chi connectivity index (χ2n) is 8.47. The first-order chi connectivity index (χ1) is 15.7. The van der Waals surface area contributed by atoms with E-state index < -0.39 is 11.6 Å². The Morgan fingerprint density at radius 2 is 1.91 bits per heavy atom. The molecule has 33 heavy (non-hydrogen) atoms. The SMILES string of the molecule is CC1(C)COc2nc3c(NCCc4ccc(O)c(-c5c(F)cccc5F)c4)nc(I)nc3n21. The zero-order valence-corrected chi connectivity index (χ0v) is 20.0. The van der Waals surface area contributed by atoms with Crippen LogP contribution in [0.15, 0.2) is 36.4 Å². The van der Waals surface area contributed by atoms with Crippen LogP contribution in [0, 0.1) is 15.5 Å². The summed E-state index contributed by atoms with van der Waals surface area (Å²) in [5.41, 5.74) is 1.74. The number of hydrogen-bond donors (Lipinski definition) is 2. The summed E-state index contributed by atoms with van der Waals surface area (Å²) < 4.78 is 36.7. The van der Waals surface area contributed by atoms with Crippen molar-refractivity contribution < 1.29 is 18.6 Å². The van der Waals surface area contributed by atoms with Crippen LogP contribution in [0.1, 0.15) is 19.4 Å². The summed E-state index contributed by atoms with van der Waals surface area (Å²) in [5.74, 6) is -1.05. The molecule has 4 aromatic rings. The molecule has 0 saturated carbocycles. The highest BCUT2D eigenvalue weighted by atomic mass is 127. The molecule has 0 aliphatic carbocycles. The van der Waals surface area contributed by atoms with Crippen molar-refractivity contribution in [3.63, 3.8) is 0 Å². The highest BCUT2D eigenvalue weighted by molar-refractivity contribution is 14.1. The van der Waals surface area contributed by atoms with E-state index in [2.05, 4.69) is 56.7 Å². The number of aromatic hydroxyl groups is 1. The van der Waals surface area contributed by atoms with Crippen molar-refractivity contribution in [1.29, 1.82) is 0 Å². The van der Waals surface area contributed by atoms with Gasteiger partial charge in [-0.25, -0.2) is 18.7 Å². The molecule has 5 rings (SSSR count). The van der Waals surface area contributed by atoms with E-state index in [1.807, 2.05) is 4.57 Å². The summed E-state index contributed by atoms with van der Waals surface area (Å²) in [5, 5.41) is 13.5. The second-order valence-corrected chi connectivity index (χ2v) is 9.43. The van der Waals surface area contributed by atoms with Crippen molar-refractivity contribution in [2.75, 3.05) is 18.5 Å². The van der Waals surface area contributed by atoms with E-state index in [9.17, 15) is 13.9 Å². The monoisotopic (exact) mass is 563 g/mol. The molecule has 2 aromatic heterocycles. The van der Waals surface area contributed by atoms with E-state index in [0.717, 1.165) is 5.56 Å². The Hall–Kier alpha value is -3.02. The van der Waals surface area contributed by atoms with E-state index in [4.69, 9.17) is 4.74 Å². The number of hydrogen-bond acceptors (Lipinski definition) is 6. The molecule has 0 amide bonds. The lowest BCUT2D eigenvalue weighted by Crippen LogP contribution is -2.26. The standard InChI is InChI=1S/C23H20F2IN5O2/c1-23(2)11-33-22-28-18-19(29-21(26)30-20(18)31(22)23)27-9-8-12-6-7-16(32)13(10-12)17-14(24)4-3-5-15(17)25/h3-7,10,32H,8-9,11H2,1-2H3,(H,27,29,30). The molecule has 10 heteroatoms. The van der Waals surface area contributed by atoms with Gasteiger partial charge in [0, 0.05) is 34.7 Å². The number of halogens is 3. The van der Waals surface area contributed by atoms with Gasteiger partial charge in [-0.2, -0.15) is 4.98 Å². The summed E-state index contributed by atoms with van der Waals surface area (Å²) in [4.78, 5) is 13.6. The number of imidazole rings is 1. The molecule has 0 radical (unpaired) electrons. The molecule has 0 atom stereocenters. The average molecular weight is 563 g/mol. The van der Waals surface area contributed by atoms with Crippen molar-refractivity contribution in [3.05, 3.63) is 57.4 Å². The summed E-state index contributed by atoms with van der Waals surface area (Å²) >= 11 is 2.07. The minimum Gasteiger partial charge on any atom is -0.507 e. The van der Waals surface area contributed by atoms with Gasteiger partial charge < -0.3 is 15.2 Å². The average Bonchev–Trinajstić information content (AvgIpc) is 3.27. The smallest absolute Gasteiger partial charge is 0.299 e. The van der Waals surface area contributed by atoms with Gasteiger partial charge in [-0.3, -0.25) is 4.57 Å². The van der Waals surface area contributed by atoms with Gasteiger partial charge in [0.05, 0.1) is 11.1 Å². The molecule has 0 saturated heterocycles. The lowest BCUT2D eigenvalue weighted by molar-refractivity contribution is 0.268. The van der Waals surface area contributed by atoms with Crippen molar-refractivity contribution in [1.82, 2.24) is 19.5 Å². The lowest BCUT2D eigenvalue weighted by Gasteiger charge is -2.18. The van der Waals surface area contributed by atoms with E-state index in [1.165, 1.54) is 24.3 Å². The van der Waals surface area contributed by atoms with Crippen LogP contribution < -0.4 is 10.1 Å². The predicted octanol–water partition coefficient (Wildman–Crippen LogP) is 4.86. The molecule has 0 spiro atoms. The van der Waals surface area contributed by atoms with Crippen molar-refractivity contribution in [3.8, 4) is 22.9 Å². The number of benzene rings is 2. The van der Waals surface area contributed by atoms with Crippen LogP contribution in [0.25, 0.3) is 22.3 Å². The fraction of sp³-hybridized carbons (Fsp3) is 0.261. The van der Waals surface area contributed by atoms with Crippen molar-refractivity contribution >= 4 is 39.6 Å². The molecule has 2 N–H and O–H groups in total. The van der Waals surface area contributed by atoms with Crippen LogP contribution in [-0.4, -0.2) is 37.8 Å². The van der Waals surface area contributed by atoms with Gasteiger partial charge in [0.25, 0.3) is 6.01 Å². The Morgan fingerprint density at radius 3 is 2.67 bits per heavy atom. The van der Waals surface area contributed by atoms with Gasteiger partial charge in [0.15, 0.2) is 20.8 Å². The maximum Gasteiger partial charge on any atom is 0.299 e. The molecule has 0 fully saturated rings. The van der Waals surface area contributed by atoms with E-state index in [0.29, 0.717) is 46.4 Å². The number of fused-ring (bicyclic) bond motifs is 3. The van der Waals surface area contributed by atoms with Gasteiger partial charge in [0.1, 0.15) is 24.0 Å². The molecule has 170 valence electrons. The summed E-state index contributed by atoms with van der Waals surface area (Å²) in [6, 6.07) is 8.91. The van der Waals surface area contributed by atoms with E-state index in [1.54, 1.807) is 12.1 Å². The zero-order chi connectivity index (χ0) is 23.3. The third kappa shape index (κ3) is 3.85. The normalized spacial score (nSPS) is 14.3. The fourth-order valence-electron chi connectivity index (χ4n) is 4.00. The van der Waals surface area contributed by atoms with Crippen molar-refractivity contribution in [2.45, 2.75) is 25.8 Å². The highest BCUT2D eigenvalue weighted by Gasteiger charge is 2.36. The first-order valence-corrected chi connectivity index (χ1v) is 11.4. The van der Waals surface area contributed by atoms with Crippen LogP contribution in [0.4, 0.5) is 14.6 Å². The summed E-state index contributed by atoms with van der Waals surface area (Å²) in [7, 11) is 0. The zero-order valence-electron chi connectivity index (χ0n) is 17.9. The Bertz CT molecular complexity index is 1370. The van der Waals surface area contributed by atoms with Gasteiger partial charge in [0.2, 0.25) is 0 Å². The number of phenols is 1. The summed E-state index contributed by atoms with van der Waals surface area (Å²) in [6.45, 7) is 5.14. The first kappa shape index (κ1) is 21.8.